The zero-order valence-corrected chi connectivity index (χ0v) is 29.6. The van der Waals surface area contributed by atoms with E-state index in [1.165, 1.54) is 0 Å². The molecular formula is C32H32Cl6O8. The van der Waals surface area contributed by atoms with Crippen molar-refractivity contribution in [1.82, 2.24) is 0 Å². The van der Waals surface area contributed by atoms with Crippen molar-refractivity contribution < 1.29 is 38.1 Å². The van der Waals surface area contributed by atoms with Crippen LogP contribution >= 0.6 is 69.6 Å². The van der Waals surface area contributed by atoms with Gasteiger partial charge in [0.25, 0.3) is 0 Å². The van der Waals surface area contributed by atoms with E-state index in [0.717, 1.165) is 50.7 Å². The molecule has 0 radical (unpaired) electrons. The first kappa shape index (κ1) is 36.9. The van der Waals surface area contributed by atoms with Gasteiger partial charge in [0.1, 0.15) is 11.1 Å². The summed E-state index contributed by atoms with van der Waals surface area (Å²) in [6, 6.07) is 2.26. The Morgan fingerprint density at radius 1 is 0.609 bits per heavy atom. The van der Waals surface area contributed by atoms with Gasteiger partial charge in [0.15, 0.2) is 11.5 Å². The summed E-state index contributed by atoms with van der Waals surface area (Å²) in [4.78, 5) is 52.1. The lowest BCUT2D eigenvalue weighted by Crippen LogP contribution is -2.27. The predicted molar refractivity (Wildman–Crippen MR) is 177 cm³/mol. The van der Waals surface area contributed by atoms with Gasteiger partial charge in [-0.25, -0.2) is 19.2 Å². The van der Waals surface area contributed by atoms with E-state index in [1.54, 1.807) is 0 Å². The van der Waals surface area contributed by atoms with Crippen molar-refractivity contribution >= 4 is 93.5 Å². The van der Waals surface area contributed by atoms with Crippen LogP contribution in [0.2, 0.25) is 30.1 Å². The van der Waals surface area contributed by atoms with E-state index in [-0.39, 0.29) is 43.3 Å². The fraction of sp³-hybridized carbons (Fsp3) is 0.500. The molecule has 2 aliphatic carbocycles. The van der Waals surface area contributed by atoms with Crippen LogP contribution in [0.5, 0.6) is 11.5 Å². The topological polar surface area (TPSA) is 105 Å². The molecule has 2 aromatic carbocycles. The van der Waals surface area contributed by atoms with Gasteiger partial charge in [0.2, 0.25) is 0 Å². The van der Waals surface area contributed by atoms with Crippen LogP contribution in [0, 0.1) is 23.7 Å². The van der Waals surface area contributed by atoms with Gasteiger partial charge in [-0.3, -0.25) is 0 Å². The number of esters is 4. The van der Waals surface area contributed by atoms with Crippen LogP contribution in [0.4, 0.5) is 0 Å². The molecule has 250 valence electrons. The van der Waals surface area contributed by atoms with Gasteiger partial charge < -0.3 is 18.9 Å². The lowest BCUT2D eigenvalue weighted by Gasteiger charge is -2.17. The molecule has 0 amide bonds. The molecule has 8 nitrogen and oxygen atoms in total. The van der Waals surface area contributed by atoms with E-state index in [4.69, 9.17) is 88.6 Å². The predicted octanol–water partition coefficient (Wildman–Crippen LogP) is 10.1. The molecule has 4 unspecified atom stereocenters. The zero-order chi connectivity index (χ0) is 33.7. The highest BCUT2D eigenvalue weighted by Crippen LogP contribution is 2.42. The van der Waals surface area contributed by atoms with E-state index in [0.29, 0.717) is 36.5 Å². The molecular weight excluding hydrogens is 725 g/mol. The molecule has 0 heterocycles. The summed E-state index contributed by atoms with van der Waals surface area (Å²) >= 11 is 37.4. The fourth-order valence-corrected chi connectivity index (χ4v) is 7.48. The van der Waals surface area contributed by atoms with Crippen molar-refractivity contribution in [3.05, 3.63) is 53.4 Å². The van der Waals surface area contributed by atoms with Crippen molar-refractivity contribution in [2.45, 2.75) is 65.2 Å². The summed E-state index contributed by atoms with van der Waals surface area (Å²) in [5.41, 5.74) is -0.901. The molecule has 0 spiro atoms. The van der Waals surface area contributed by atoms with E-state index >= 15 is 0 Å². The Hall–Kier alpha value is -1.94. The van der Waals surface area contributed by atoms with Gasteiger partial charge in [-0.2, -0.15) is 0 Å². The highest BCUT2D eigenvalue weighted by atomic mass is 35.5. The Morgan fingerprint density at radius 2 is 0.978 bits per heavy atom. The molecule has 4 rings (SSSR count). The minimum Gasteiger partial charge on any atom is -0.462 e. The quantitative estimate of drug-likeness (QED) is 0.102. The van der Waals surface area contributed by atoms with Crippen molar-refractivity contribution in [3.63, 3.8) is 0 Å². The number of halogens is 6. The molecule has 2 aliphatic rings. The van der Waals surface area contributed by atoms with Crippen LogP contribution < -0.4 is 9.47 Å². The van der Waals surface area contributed by atoms with Crippen LogP contribution in [0.15, 0.2) is 12.1 Å². The molecule has 0 aliphatic heterocycles. The van der Waals surface area contributed by atoms with Gasteiger partial charge in [0.05, 0.1) is 43.3 Å². The van der Waals surface area contributed by atoms with Crippen molar-refractivity contribution in [3.8, 4) is 11.5 Å². The molecule has 2 aromatic rings. The third kappa shape index (κ3) is 8.74. The normalized spacial score (nSPS) is 20.8. The number of hydrogen-bond acceptors (Lipinski definition) is 8. The second kappa shape index (κ2) is 16.4. The summed E-state index contributed by atoms with van der Waals surface area (Å²) in [6.45, 7) is 4.47. The lowest BCUT2D eigenvalue weighted by atomic mass is 9.95. The second-order valence-corrected chi connectivity index (χ2v) is 14.1. The molecule has 0 N–H and O–H groups in total. The largest absolute Gasteiger partial charge is 0.462 e. The number of carbonyl (C=O) groups excluding carboxylic acids is 4. The van der Waals surface area contributed by atoms with Gasteiger partial charge in [-0.05, 0) is 48.6 Å². The molecule has 2 saturated carbocycles. The standard InChI is InChI=1S/C32H32Cl6O8/c1-15-5-3-7-17(15)9-11-43-29(39)23-25(37)19(33)13-21(35)27(23)45-31(41)32(42)46-28-22(36)14-20(34)26(38)24(28)30(40)44-12-10-18-8-4-6-16(18)2/h13-18H,3-12H2,1-2H3. The Bertz CT molecular complexity index is 1400. The first-order valence-corrected chi connectivity index (χ1v) is 17.2. The van der Waals surface area contributed by atoms with Crippen molar-refractivity contribution in [1.29, 1.82) is 0 Å². The van der Waals surface area contributed by atoms with Crippen LogP contribution in [-0.4, -0.2) is 37.1 Å². The average Bonchev–Trinajstić information content (AvgIpc) is 3.61. The highest BCUT2D eigenvalue weighted by Gasteiger charge is 2.33. The number of benzene rings is 2. The van der Waals surface area contributed by atoms with Crippen molar-refractivity contribution in [2.24, 2.45) is 23.7 Å². The van der Waals surface area contributed by atoms with Crippen LogP contribution in [0.3, 0.4) is 0 Å². The third-order valence-electron chi connectivity index (χ3n) is 8.74. The lowest BCUT2D eigenvalue weighted by molar-refractivity contribution is -0.156. The minimum atomic E-state index is -1.63. The third-order valence-corrected chi connectivity index (χ3v) is 10.9. The van der Waals surface area contributed by atoms with E-state index < -0.39 is 46.5 Å². The minimum absolute atomic E-state index is 0.0815. The van der Waals surface area contributed by atoms with Crippen LogP contribution in [0.1, 0.15) is 85.9 Å². The summed E-state index contributed by atoms with van der Waals surface area (Å²) in [5, 5.41) is -1.44. The summed E-state index contributed by atoms with van der Waals surface area (Å²) in [7, 11) is 0. The maximum atomic E-state index is 13.1. The first-order valence-electron chi connectivity index (χ1n) is 14.9. The van der Waals surface area contributed by atoms with E-state index in [1.807, 2.05) is 0 Å². The van der Waals surface area contributed by atoms with E-state index in [2.05, 4.69) is 13.8 Å². The van der Waals surface area contributed by atoms with E-state index in [9.17, 15) is 19.2 Å². The fourth-order valence-electron chi connectivity index (χ4n) is 6.04. The maximum absolute atomic E-state index is 13.1. The molecule has 2 fully saturated rings. The first-order chi connectivity index (χ1) is 21.8. The SMILES string of the molecule is CC1CCCC1CCOC(=O)c1c(Cl)c(Cl)cc(Cl)c1OC(=O)C(=O)Oc1c(Cl)cc(Cl)c(Cl)c1C(=O)OCCC1CCCC1C. The van der Waals surface area contributed by atoms with Gasteiger partial charge >= 0.3 is 23.9 Å². The number of carbonyl (C=O) groups is 4. The molecule has 4 atom stereocenters. The zero-order valence-electron chi connectivity index (χ0n) is 25.1. The van der Waals surface area contributed by atoms with Gasteiger partial charge in [-0.1, -0.05) is 122 Å². The van der Waals surface area contributed by atoms with Gasteiger partial charge in [0, 0.05) is 0 Å². The average molecular weight is 757 g/mol. The van der Waals surface area contributed by atoms with Crippen molar-refractivity contribution in [2.75, 3.05) is 13.2 Å². The summed E-state index contributed by atoms with van der Waals surface area (Å²) < 4.78 is 21.2. The Kier molecular flexibility index (Phi) is 13.2. The molecule has 14 heteroatoms. The highest BCUT2D eigenvalue weighted by molar-refractivity contribution is 6.47. The Morgan fingerprint density at radius 3 is 1.30 bits per heavy atom. The monoisotopic (exact) mass is 754 g/mol. The molecule has 0 aromatic heterocycles. The van der Waals surface area contributed by atoms with Gasteiger partial charge in [-0.15, -0.1) is 0 Å². The van der Waals surface area contributed by atoms with Crippen LogP contribution in [-0.2, 0) is 19.1 Å². The molecule has 0 saturated heterocycles. The molecule has 46 heavy (non-hydrogen) atoms. The second-order valence-electron chi connectivity index (χ2n) is 11.7. The Balaban J connectivity index is 1.49. The number of ether oxygens (including phenoxy) is 4. The summed E-state index contributed by atoms with van der Waals surface area (Å²) in [6.07, 6.45) is 7.79. The number of rotatable bonds is 10. The number of hydrogen-bond donors (Lipinski definition) is 0. The summed E-state index contributed by atoms with van der Waals surface area (Å²) in [5.74, 6) is -4.49. The maximum Gasteiger partial charge on any atom is 0.423 e. The molecule has 0 bridgehead atoms. The smallest absolute Gasteiger partial charge is 0.423 e. The Labute approximate surface area is 297 Å². The van der Waals surface area contributed by atoms with Crippen LogP contribution in [0.25, 0.3) is 0 Å².